The summed E-state index contributed by atoms with van der Waals surface area (Å²) in [4.78, 5) is 24.7. The number of rotatable bonds is 7. The van der Waals surface area contributed by atoms with Gasteiger partial charge in [0.05, 0.1) is 29.2 Å². The second kappa shape index (κ2) is 7.88. The first-order valence-corrected chi connectivity index (χ1v) is 9.22. The standard InChI is InChI=1S/C21H24N2O5/c1-22(13-15-5-7-17(28-2)8-6-15)20-18(21(14-24)9-3-4-10-21)11-16(23(26)27)12-19(20)25/h5-8,11-12,14,25H,3-4,9-10,13H2,1-2H3. The number of benzene rings is 2. The smallest absolute Gasteiger partial charge is 0.273 e. The van der Waals surface area contributed by atoms with Crippen molar-refractivity contribution in [1.29, 1.82) is 0 Å². The van der Waals surface area contributed by atoms with E-state index in [0.29, 0.717) is 30.6 Å². The van der Waals surface area contributed by atoms with E-state index in [1.54, 1.807) is 7.11 Å². The van der Waals surface area contributed by atoms with E-state index in [1.165, 1.54) is 6.07 Å². The van der Waals surface area contributed by atoms with Gasteiger partial charge in [-0.3, -0.25) is 10.1 Å². The van der Waals surface area contributed by atoms with Crippen LogP contribution in [0, 0.1) is 10.1 Å². The summed E-state index contributed by atoms with van der Waals surface area (Å²) in [7, 11) is 3.41. The van der Waals surface area contributed by atoms with Crippen molar-refractivity contribution < 1.29 is 19.6 Å². The van der Waals surface area contributed by atoms with Gasteiger partial charge in [0, 0.05) is 19.7 Å². The van der Waals surface area contributed by atoms with Gasteiger partial charge in [0.15, 0.2) is 0 Å². The zero-order valence-electron chi connectivity index (χ0n) is 16.1. The van der Waals surface area contributed by atoms with Gasteiger partial charge in [-0.25, -0.2) is 0 Å². The van der Waals surface area contributed by atoms with Gasteiger partial charge in [0.2, 0.25) is 0 Å². The molecule has 28 heavy (non-hydrogen) atoms. The number of aromatic hydroxyl groups is 1. The fourth-order valence-electron chi connectivity index (χ4n) is 4.03. The number of aldehydes is 1. The number of carbonyl (C=O) groups excluding carboxylic acids is 1. The highest BCUT2D eigenvalue weighted by Crippen LogP contribution is 2.48. The zero-order valence-corrected chi connectivity index (χ0v) is 16.1. The van der Waals surface area contributed by atoms with Gasteiger partial charge in [0.1, 0.15) is 17.8 Å². The molecular formula is C21H24N2O5. The highest BCUT2D eigenvalue weighted by molar-refractivity contribution is 5.79. The Balaban J connectivity index is 2.05. The van der Waals surface area contributed by atoms with Gasteiger partial charge < -0.3 is 19.5 Å². The van der Waals surface area contributed by atoms with Crippen LogP contribution >= 0.6 is 0 Å². The van der Waals surface area contributed by atoms with E-state index >= 15 is 0 Å². The average molecular weight is 384 g/mol. The van der Waals surface area contributed by atoms with Crippen LogP contribution in [0.15, 0.2) is 36.4 Å². The minimum Gasteiger partial charge on any atom is -0.506 e. The van der Waals surface area contributed by atoms with E-state index in [1.807, 2.05) is 36.2 Å². The Morgan fingerprint density at radius 3 is 2.43 bits per heavy atom. The van der Waals surface area contributed by atoms with Crippen LogP contribution in [0.5, 0.6) is 11.5 Å². The summed E-state index contributed by atoms with van der Waals surface area (Å²) in [5, 5.41) is 22.0. The second-order valence-corrected chi connectivity index (χ2v) is 7.30. The van der Waals surface area contributed by atoms with Crippen LogP contribution in [0.25, 0.3) is 0 Å². The molecule has 1 aliphatic carbocycles. The molecule has 0 bridgehead atoms. The third-order valence-corrected chi connectivity index (χ3v) is 5.50. The number of ether oxygens (including phenoxy) is 1. The third-order valence-electron chi connectivity index (χ3n) is 5.50. The molecule has 0 radical (unpaired) electrons. The molecule has 0 aliphatic heterocycles. The molecule has 0 saturated heterocycles. The second-order valence-electron chi connectivity index (χ2n) is 7.30. The number of nitrogens with zero attached hydrogens (tertiary/aromatic N) is 2. The van der Waals surface area contributed by atoms with Gasteiger partial charge >= 0.3 is 0 Å². The summed E-state index contributed by atoms with van der Waals surface area (Å²) in [6, 6.07) is 10.1. The molecule has 2 aromatic carbocycles. The van der Waals surface area contributed by atoms with E-state index < -0.39 is 10.3 Å². The molecular weight excluding hydrogens is 360 g/mol. The van der Waals surface area contributed by atoms with Gasteiger partial charge in [0.25, 0.3) is 5.69 Å². The summed E-state index contributed by atoms with van der Waals surface area (Å²) in [6.45, 7) is 0.470. The van der Waals surface area contributed by atoms with Crippen molar-refractivity contribution >= 4 is 17.7 Å². The Labute approximate surface area is 163 Å². The summed E-state index contributed by atoms with van der Waals surface area (Å²) >= 11 is 0. The van der Waals surface area contributed by atoms with Crippen molar-refractivity contribution in [2.75, 3.05) is 19.1 Å². The lowest BCUT2D eigenvalue weighted by molar-refractivity contribution is -0.385. The largest absolute Gasteiger partial charge is 0.506 e. The molecule has 0 amide bonds. The summed E-state index contributed by atoms with van der Waals surface area (Å²) < 4.78 is 5.17. The van der Waals surface area contributed by atoms with Gasteiger partial charge in [-0.05, 0) is 36.1 Å². The number of carbonyl (C=O) groups is 1. The number of nitro benzene ring substituents is 1. The van der Waals surface area contributed by atoms with Crippen molar-refractivity contribution in [3.05, 3.63) is 57.6 Å². The number of hydrogen-bond acceptors (Lipinski definition) is 6. The quantitative estimate of drug-likeness (QED) is 0.441. The first-order chi connectivity index (χ1) is 13.4. The predicted octanol–water partition coefficient (Wildman–Crippen LogP) is 3.96. The lowest BCUT2D eigenvalue weighted by Crippen LogP contribution is -2.28. The Morgan fingerprint density at radius 1 is 1.25 bits per heavy atom. The van der Waals surface area contributed by atoms with E-state index in [2.05, 4.69) is 0 Å². The van der Waals surface area contributed by atoms with Crippen molar-refractivity contribution in [3.63, 3.8) is 0 Å². The number of phenolic OH excluding ortho intramolecular Hbond substituents is 1. The topological polar surface area (TPSA) is 92.9 Å². The Hall–Kier alpha value is -3.09. The molecule has 2 aromatic rings. The highest BCUT2D eigenvalue weighted by Gasteiger charge is 2.40. The number of nitro groups is 1. The summed E-state index contributed by atoms with van der Waals surface area (Å²) in [5.41, 5.74) is 0.978. The molecule has 1 saturated carbocycles. The maximum absolute atomic E-state index is 12.0. The van der Waals surface area contributed by atoms with Crippen LogP contribution in [0.2, 0.25) is 0 Å². The van der Waals surface area contributed by atoms with Gasteiger partial charge in [-0.2, -0.15) is 0 Å². The lowest BCUT2D eigenvalue weighted by Gasteiger charge is -2.30. The summed E-state index contributed by atoms with van der Waals surface area (Å²) in [6.07, 6.45) is 3.90. The normalized spacial score (nSPS) is 15.2. The number of anilines is 1. The van der Waals surface area contributed by atoms with E-state index in [-0.39, 0.29) is 11.4 Å². The molecule has 1 fully saturated rings. The van der Waals surface area contributed by atoms with E-state index in [4.69, 9.17) is 4.74 Å². The average Bonchev–Trinajstić information content (AvgIpc) is 3.18. The van der Waals surface area contributed by atoms with Gasteiger partial charge in [-0.1, -0.05) is 25.0 Å². The SMILES string of the molecule is COc1ccc(CN(C)c2c(O)cc([N+](=O)[O-])cc2C2(C=O)CCCC2)cc1. The Morgan fingerprint density at radius 2 is 1.89 bits per heavy atom. The van der Waals surface area contributed by atoms with Crippen molar-refractivity contribution in [3.8, 4) is 11.5 Å². The summed E-state index contributed by atoms with van der Waals surface area (Å²) in [5.74, 6) is 0.560. The predicted molar refractivity (Wildman–Crippen MR) is 106 cm³/mol. The molecule has 0 atom stereocenters. The molecule has 3 rings (SSSR count). The zero-order chi connectivity index (χ0) is 20.3. The van der Waals surface area contributed by atoms with E-state index in [9.17, 15) is 20.0 Å². The minimum atomic E-state index is -0.799. The Bertz CT molecular complexity index is 873. The minimum absolute atomic E-state index is 0.187. The molecule has 7 heteroatoms. The van der Waals surface area contributed by atoms with Crippen molar-refractivity contribution in [1.82, 2.24) is 0 Å². The van der Waals surface area contributed by atoms with Crippen LogP contribution in [0.4, 0.5) is 11.4 Å². The van der Waals surface area contributed by atoms with Crippen molar-refractivity contribution in [2.24, 2.45) is 0 Å². The van der Waals surface area contributed by atoms with Gasteiger partial charge in [-0.15, -0.1) is 0 Å². The lowest BCUT2D eigenvalue weighted by atomic mass is 9.78. The van der Waals surface area contributed by atoms with Crippen LogP contribution in [-0.4, -0.2) is 30.5 Å². The van der Waals surface area contributed by atoms with E-state index in [0.717, 1.165) is 36.5 Å². The maximum Gasteiger partial charge on any atom is 0.273 e. The number of hydrogen-bond donors (Lipinski definition) is 1. The van der Waals surface area contributed by atoms with Crippen LogP contribution in [0.1, 0.15) is 36.8 Å². The van der Waals surface area contributed by atoms with Crippen molar-refractivity contribution in [2.45, 2.75) is 37.6 Å². The number of non-ortho nitro benzene ring substituents is 1. The number of methoxy groups -OCH3 is 1. The Kier molecular flexibility index (Phi) is 5.53. The highest BCUT2D eigenvalue weighted by atomic mass is 16.6. The van der Waals surface area contributed by atoms with Crippen LogP contribution in [-0.2, 0) is 16.8 Å². The molecule has 0 spiro atoms. The molecule has 1 N–H and O–H groups in total. The molecule has 0 aromatic heterocycles. The first kappa shape index (κ1) is 19.7. The molecule has 0 heterocycles. The fraction of sp³-hybridized carbons (Fsp3) is 0.381. The fourth-order valence-corrected chi connectivity index (χ4v) is 4.03. The number of phenols is 1. The molecule has 1 aliphatic rings. The van der Waals surface area contributed by atoms with Crippen LogP contribution < -0.4 is 9.64 Å². The monoisotopic (exact) mass is 384 g/mol. The molecule has 148 valence electrons. The molecule has 7 nitrogen and oxygen atoms in total. The first-order valence-electron chi connectivity index (χ1n) is 9.22. The van der Waals surface area contributed by atoms with Crippen LogP contribution in [0.3, 0.4) is 0 Å². The third kappa shape index (κ3) is 3.65. The molecule has 0 unspecified atom stereocenters. The maximum atomic E-state index is 12.0.